The predicted molar refractivity (Wildman–Crippen MR) is 59.0 cm³/mol. The number of aromatic amines is 1. The molecule has 2 rings (SSSR count). The molecule has 1 aromatic carbocycles. The Morgan fingerprint density at radius 3 is 3.19 bits per heavy atom. The van der Waals surface area contributed by atoms with Crippen molar-refractivity contribution in [2.45, 2.75) is 6.42 Å². The van der Waals surface area contributed by atoms with Gasteiger partial charge in [0.2, 0.25) is 0 Å². The summed E-state index contributed by atoms with van der Waals surface area (Å²) in [7, 11) is 0. The van der Waals surface area contributed by atoms with Gasteiger partial charge in [-0.1, -0.05) is 6.07 Å². The Kier molecular flexibility index (Phi) is 3.03. The Morgan fingerprint density at radius 2 is 2.38 bits per heavy atom. The van der Waals surface area contributed by atoms with Crippen LogP contribution in [0.3, 0.4) is 0 Å². The molecular weight excluding hydrogens is 206 g/mol. The molecule has 0 atom stereocenters. The molecule has 82 valence electrons. The molecule has 16 heavy (non-hydrogen) atoms. The minimum absolute atomic E-state index is 0.352. The van der Waals surface area contributed by atoms with E-state index in [1.54, 1.807) is 6.07 Å². The Morgan fingerprint density at radius 1 is 1.50 bits per heavy atom. The van der Waals surface area contributed by atoms with Crippen LogP contribution in [0.2, 0.25) is 0 Å². The van der Waals surface area contributed by atoms with Crippen LogP contribution in [0.5, 0.6) is 0 Å². The van der Waals surface area contributed by atoms with Crippen LogP contribution in [-0.2, 0) is 6.42 Å². The van der Waals surface area contributed by atoms with E-state index in [1.807, 2.05) is 18.2 Å². The van der Waals surface area contributed by atoms with Gasteiger partial charge in [0.05, 0.1) is 18.1 Å². The van der Waals surface area contributed by atoms with Crippen molar-refractivity contribution in [1.29, 1.82) is 5.26 Å². The standard InChI is InChI=1S/C11H11N3O2/c12-4-6-13-5-3-8-1-2-10-9(7-8)14-11(15)16-10/h1-2,7,13H,3,5-6H2,(H,14,15). The van der Waals surface area contributed by atoms with Gasteiger partial charge in [-0.2, -0.15) is 5.26 Å². The van der Waals surface area contributed by atoms with E-state index >= 15 is 0 Å². The van der Waals surface area contributed by atoms with Gasteiger partial charge in [0, 0.05) is 6.54 Å². The van der Waals surface area contributed by atoms with E-state index in [0.29, 0.717) is 17.6 Å². The van der Waals surface area contributed by atoms with Crippen LogP contribution in [0.1, 0.15) is 5.56 Å². The first-order chi connectivity index (χ1) is 7.79. The third kappa shape index (κ3) is 2.30. The SMILES string of the molecule is N#CCNCCc1ccc2oc(=O)[nH]c2c1. The minimum Gasteiger partial charge on any atom is -0.408 e. The van der Waals surface area contributed by atoms with Crippen LogP contribution in [0, 0.1) is 11.3 Å². The Bertz CT molecular complexity index is 577. The molecule has 0 radical (unpaired) electrons. The molecular formula is C11H11N3O2. The molecule has 0 amide bonds. The van der Waals surface area contributed by atoms with Gasteiger partial charge >= 0.3 is 5.76 Å². The van der Waals surface area contributed by atoms with Gasteiger partial charge in [-0.25, -0.2) is 4.79 Å². The second-order valence-corrected chi connectivity index (χ2v) is 3.43. The highest BCUT2D eigenvalue weighted by Crippen LogP contribution is 2.12. The van der Waals surface area contributed by atoms with Crippen molar-refractivity contribution < 1.29 is 4.42 Å². The maximum Gasteiger partial charge on any atom is 0.417 e. The molecule has 5 nitrogen and oxygen atoms in total. The van der Waals surface area contributed by atoms with Crippen molar-refractivity contribution in [3.63, 3.8) is 0 Å². The molecule has 5 heteroatoms. The average molecular weight is 217 g/mol. The zero-order chi connectivity index (χ0) is 11.4. The summed E-state index contributed by atoms with van der Waals surface area (Å²) in [6, 6.07) is 7.58. The van der Waals surface area contributed by atoms with Crippen molar-refractivity contribution in [3.05, 3.63) is 34.3 Å². The lowest BCUT2D eigenvalue weighted by Gasteiger charge is -2.00. The van der Waals surface area contributed by atoms with Crippen LogP contribution in [-0.4, -0.2) is 18.1 Å². The number of nitriles is 1. The van der Waals surface area contributed by atoms with Crippen LogP contribution < -0.4 is 11.1 Å². The second-order valence-electron chi connectivity index (χ2n) is 3.43. The smallest absolute Gasteiger partial charge is 0.408 e. The maximum atomic E-state index is 10.9. The molecule has 1 heterocycles. The fourth-order valence-electron chi connectivity index (χ4n) is 1.53. The van der Waals surface area contributed by atoms with Gasteiger partial charge in [0.25, 0.3) is 0 Å². The van der Waals surface area contributed by atoms with E-state index < -0.39 is 5.76 Å². The van der Waals surface area contributed by atoms with Crippen LogP contribution >= 0.6 is 0 Å². The average Bonchev–Trinajstić information content (AvgIpc) is 2.64. The summed E-state index contributed by atoms with van der Waals surface area (Å²) in [5.41, 5.74) is 2.37. The Balaban J connectivity index is 2.08. The second kappa shape index (κ2) is 4.64. The summed E-state index contributed by atoms with van der Waals surface area (Å²) in [5, 5.41) is 11.3. The van der Waals surface area contributed by atoms with Crippen molar-refractivity contribution in [3.8, 4) is 6.07 Å². The predicted octanol–water partition coefficient (Wildman–Crippen LogP) is 0.777. The molecule has 0 bridgehead atoms. The fourth-order valence-corrected chi connectivity index (χ4v) is 1.53. The van der Waals surface area contributed by atoms with E-state index in [0.717, 1.165) is 18.5 Å². The highest BCUT2D eigenvalue weighted by Gasteiger charge is 2.01. The molecule has 0 saturated heterocycles. The lowest BCUT2D eigenvalue weighted by Crippen LogP contribution is -2.17. The number of aromatic nitrogens is 1. The van der Waals surface area contributed by atoms with E-state index in [-0.39, 0.29) is 0 Å². The lowest BCUT2D eigenvalue weighted by atomic mass is 10.1. The third-order valence-corrected chi connectivity index (χ3v) is 2.28. The Hall–Kier alpha value is -2.06. The lowest BCUT2D eigenvalue weighted by molar-refractivity contribution is 0.555. The number of benzene rings is 1. The summed E-state index contributed by atoms with van der Waals surface area (Å²) >= 11 is 0. The quantitative estimate of drug-likeness (QED) is 0.585. The summed E-state index contributed by atoms with van der Waals surface area (Å²) < 4.78 is 4.90. The third-order valence-electron chi connectivity index (χ3n) is 2.28. The molecule has 0 aliphatic heterocycles. The first-order valence-corrected chi connectivity index (χ1v) is 4.99. The van der Waals surface area contributed by atoms with Crippen molar-refractivity contribution >= 4 is 11.1 Å². The molecule has 0 spiro atoms. The summed E-state index contributed by atoms with van der Waals surface area (Å²) in [6.07, 6.45) is 0.810. The number of nitrogens with one attached hydrogen (secondary N) is 2. The largest absolute Gasteiger partial charge is 0.417 e. The van der Waals surface area contributed by atoms with E-state index in [9.17, 15) is 4.79 Å². The van der Waals surface area contributed by atoms with Gasteiger partial charge in [-0.3, -0.25) is 4.98 Å². The number of oxazole rings is 1. The molecule has 2 N–H and O–H groups in total. The fraction of sp³-hybridized carbons (Fsp3) is 0.273. The van der Waals surface area contributed by atoms with E-state index in [2.05, 4.69) is 10.3 Å². The zero-order valence-corrected chi connectivity index (χ0v) is 8.62. The monoisotopic (exact) mass is 217 g/mol. The number of rotatable bonds is 4. The number of nitrogens with zero attached hydrogens (tertiary/aromatic N) is 1. The van der Waals surface area contributed by atoms with Gasteiger partial charge in [-0.15, -0.1) is 0 Å². The van der Waals surface area contributed by atoms with Crippen molar-refractivity contribution in [1.82, 2.24) is 10.3 Å². The molecule has 0 aliphatic rings. The van der Waals surface area contributed by atoms with Gasteiger partial charge in [0.15, 0.2) is 5.58 Å². The Labute approximate surface area is 91.7 Å². The number of H-pyrrole nitrogens is 1. The van der Waals surface area contributed by atoms with Gasteiger partial charge < -0.3 is 9.73 Å². The molecule has 0 fully saturated rings. The zero-order valence-electron chi connectivity index (χ0n) is 8.62. The van der Waals surface area contributed by atoms with Crippen molar-refractivity contribution in [2.24, 2.45) is 0 Å². The number of fused-ring (bicyclic) bond motifs is 1. The summed E-state index contributed by atoms with van der Waals surface area (Å²) in [6.45, 7) is 1.09. The first kappa shape index (κ1) is 10.5. The van der Waals surface area contributed by atoms with Crippen LogP contribution in [0.4, 0.5) is 0 Å². The van der Waals surface area contributed by atoms with E-state index in [1.165, 1.54) is 0 Å². The normalized spacial score (nSPS) is 10.4. The number of hydrogen-bond donors (Lipinski definition) is 2. The van der Waals surface area contributed by atoms with Gasteiger partial charge in [-0.05, 0) is 24.1 Å². The molecule has 2 aromatic rings. The minimum atomic E-state index is -0.435. The molecule has 0 aliphatic carbocycles. The number of hydrogen-bond acceptors (Lipinski definition) is 4. The molecule has 0 saturated carbocycles. The summed E-state index contributed by atoms with van der Waals surface area (Å²) in [4.78, 5) is 13.5. The molecule has 1 aromatic heterocycles. The highest BCUT2D eigenvalue weighted by molar-refractivity contribution is 5.72. The molecule has 0 unspecified atom stereocenters. The van der Waals surface area contributed by atoms with Gasteiger partial charge in [0.1, 0.15) is 0 Å². The summed E-state index contributed by atoms with van der Waals surface area (Å²) in [5.74, 6) is -0.435. The van der Waals surface area contributed by atoms with Crippen LogP contribution in [0.25, 0.3) is 11.1 Å². The maximum absolute atomic E-state index is 10.9. The first-order valence-electron chi connectivity index (χ1n) is 4.99. The van der Waals surface area contributed by atoms with Crippen LogP contribution in [0.15, 0.2) is 27.4 Å². The highest BCUT2D eigenvalue weighted by atomic mass is 16.4. The van der Waals surface area contributed by atoms with Crippen molar-refractivity contribution in [2.75, 3.05) is 13.1 Å². The topological polar surface area (TPSA) is 81.8 Å². The van der Waals surface area contributed by atoms with E-state index in [4.69, 9.17) is 9.68 Å².